The maximum Gasteiger partial charge on any atom is 0.328 e. The Morgan fingerprint density at radius 2 is 1.90 bits per heavy atom. The van der Waals surface area contributed by atoms with Crippen LogP contribution >= 0.6 is 0 Å². The molecule has 1 aromatic carbocycles. The van der Waals surface area contributed by atoms with Gasteiger partial charge in [-0.05, 0) is 54.9 Å². The zero-order valence-corrected chi connectivity index (χ0v) is 12.4. The van der Waals surface area contributed by atoms with Crippen LogP contribution in [0.15, 0.2) is 24.3 Å². The second-order valence-corrected chi connectivity index (χ2v) is 6.05. The molecule has 1 aliphatic carbocycles. The number of hydrogen-bond donors (Lipinski definition) is 1. The van der Waals surface area contributed by atoms with Crippen LogP contribution in [0.25, 0.3) is 6.08 Å². The molecule has 1 aromatic rings. The number of ether oxygens (including phenoxy) is 1. The van der Waals surface area contributed by atoms with E-state index < -0.39 is 11.8 Å². The van der Waals surface area contributed by atoms with Gasteiger partial charge in [0.15, 0.2) is 0 Å². The molecule has 0 bridgehead atoms. The van der Waals surface area contributed by atoms with Crippen molar-refractivity contribution in [3.63, 3.8) is 0 Å². The zero-order chi connectivity index (χ0) is 15.4. The number of carboxylic acids is 1. The predicted molar refractivity (Wildman–Crippen MR) is 79.7 cm³/mol. The Morgan fingerprint density at radius 1 is 1.24 bits per heavy atom. The zero-order valence-electron chi connectivity index (χ0n) is 12.4. The summed E-state index contributed by atoms with van der Waals surface area (Å²) in [7, 11) is 0. The minimum absolute atomic E-state index is 0.0989. The molecule has 1 aliphatic rings. The second-order valence-electron chi connectivity index (χ2n) is 6.05. The first-order valence-corrected chi connectivity index (χ1v) is 7.30. The fourth-order valence-electron chi connectivity index (χ4n) is 3.08. The third kappa shape index (κ3) is 4.88. The molecule has 3 nitrogen and oxygen atoms in total. The Hall–Kier alpha value is -1.84. The van der Waals surface area contributed by atoms with E-state index in [1.807, 2.05) is 0 Å². The van der Waals surface area contributed by atoms with Gasteiger partial charge in [0.25, 0.3) is 0 Å². The van der Waals surface area contributed by atoms with Crippen LogP contribution in [0.4, 0.5) is 4.39 Å². The van der Waals surface area contributed by atoms with Crippen molar-refractivity contribution in [1.29, 1.82) is 0 Å². The van der Waals surface area contributed by atoms with Crippen molar-refractivity contribution in [1.82, 2.24) is 0 Å². The number of aliphatic carboxylic acids is 1. The molecule has 1 fully saturated rings. The van der Waals surface area contributed by atoms with Crippen molar-refractivity contribution in [3.8, 4) is 5.75 Å². The third-order valence-electron chi connectivity index (χ3n) is 3.75. The average molecular weight is 292 g/mol. The van der Waals surface area contributed by atoms with Gasteiger partial charge in [-0.25, -0.2) is 9.18 Å². The molecule has 114 valence electrons. The first kappa shape index (κ1) is 15.5. The largest absolute Gasteiger partial charge is 0.490 e. The van der Waals surface area contributed by atoms with Crippen molar-refractivity contribution in [2.45, 2.75) is 39.2 Å². The smallest absolute Gasteiger partial charge is 0.328 e. The van der Waals surface area contributed by atoms with E-state index in [2.05, 4.69) is 13.8 Å². The molecule has 1 saturated carbocycles. The highest BCUT2D eigenvalue weighted by atomic mass is 19.1. The number of carbonyl (C=O) groups is 1. The van der Waals surface area contributed by atoms with Gasteiger partial charge in [0.05, 0.1) is 6.10 Å². The maximum atomic E-state index is 13.6. The summed E-state index contributed by atoms with van der Waals surface area (Å²) >= 11 is 0. The molecule has 0 aliphatic heterocycles. The lowest BCUT2D eigenvalue weighted by molar-refractivity contribution is -0.131. The number of hydrogen-bond acceptors (Lipinski definition) is 2. The Labute approximate surface area is 124 Å². The molecule has 0 amide bonds. The van der Waals surface area contributed by atoms with E-state index >= 15 is 0 Å². The molecule has 0 radical (unpaired) electrons. The lowest BCUT2D eigenvalue weighted by atomic mass is 9.82. The van der Waals surface area contributed by atoms with E-state index in [-0.39, 0.29) is 6.10 Å². The van der Waals surface area contributed by atoms with Crippen LogP contribution in [-0.2, 0) is 4.79 Å². The molecule has 0 heterocycles. The summed E-state index contributed by atoms with van der Waals surface area (Å²) in [6, 6.07) is 4.31. The van der Waals surface area contributed by atoms with Crippen molar-refractivity contribution in [3.05, 3.63) is 35.7 Å². The van der Waals surface area contributed by atoms with E-state index in [4.69, 9.17) is 9.84 Å². The van der Waals surface area contributed by atoms with Crippen LogP contribution in [-0.4, -0.2) is 17.2 Å². The van der Waals surface area contributed by atoms with E-state index in [0.717, 1.165) is 18.9 Å². The van der Waals surface area contributed by atoms with Crippen LogP contribution in [0.1, 0.15) is 38.7 Å². The summed E-state index contributed by atoms with van der Waals surface area (Å²) in [5, 5.41) is 8.62. The van der Waals surface area contributed by atoms with Gasteiger partial charge in [-0.2, -0.15) is 0 Å². The Kier molecular flexibility index (Phi) is 4.99. The second kappa shape index (κ2) is 6.74. The first-order chi connectivity index (χ1) is 9.92. The quantitative estimate of drug-likeness (QED) is 0.849. The highest BCUT2D eigenvalue weighted by Gasteiger charge is 2.25. The SMILES string of the molecule is CC1CC(C)CC(Oc2cc(F)cc(/C=C/C(=O)O)c2)C1. The normalized spacial score (nSPS) is 26.0. The van der Waals surface area contributed by atoms with Gasteiger partial charge >= 0.3 is 5.97 Å². The minimum Gasteiger partial charge on any atom is -0.490 e. The fraction of sp³-hybridized carbons (Fsp3) is 0.471. The standard InChI is InChI=1S/C17H21FO3/c1-11-5-12(2)7-15(6-11)21-16-9-13(3-4-17(19)20)8-14(18)10-16/h3-4,8-12,15H,5-7H2,1-2H3,(H,19,20)/b4-3+. The van der Waals surface area contributed by atoms with E-state index in [9.17, 15) is 9.18 Å². The van der Waals surface area contributed by atoms with Gasteiger partial charge in [0, 0.05) is 12.1 Å². The average Bonchev–Trinajstić information content (AvgIpc) is 2.34. The first-order valence-electron chi connectivity index (χ1n) is 7.30. The van der Waals surface area contributed by atoms with Crippen molar-refractivity contribution >= 4 is 12.0 Å². The highest BCUT2D eigenvalue weighted by Crippen LogP contribution is 2.31. The minimum atomic E-state index is -1.06. The number of carboxylic acid groups (broad SMARTS) is 1. The summed E-state index contributed by atoms with van der Waals surface area (Å²) in [6.07, 6.45) is 5.60. The van der Waals surface area contributed by atoms with Crippen molar-refractivity contribution in [2.24, 2.45) is 11.8 Å². The van der Waals surface area contributed by atoms with E-state index in [0.29, 0.717) is 23.1 Å². The van der Waals surface area contributed by atoms with Gasteiger partial charge in [-0.3, -0.25) is 0 Å². The lowest BCUT2D eigenvalue weighted by Gasteiger charge is -2.31. The topological polar surface area (TPSA) is 46.5 Å². The number of halogens is 1. The molecule has 21 heavy (non-hydrogen) atoms. The van der Waals surface area contributed by atoms with Gasteiger partial charge in [-0.1, -0.05) is 13.8 Å². The molecule has 4 heteroatoms. The Balaban J connectivity index is 2.10. The fourth-order valence-corrected chi connectivity index (χ4v) is 3.08. The van der Waals surface area contributed by atoms with Gasteiger partial charge in [0.2, 0.25) is 0 Å². The van der Waals surface area contributed by atoms with Crippen molar-refractivity contribution < 1.29 is 19.0 Å². The van der Waals surface area contributed by atoms with E-state index in [1.54, 1.807) is 6.07 Å². The van der Waals surface area contributed by atoms with Gasteiger partial charge in [-0.15, -0.1) is 0 Å². The molecular formula is C17H21FO3. The van der Waals surface area contributed by atoms with Crippen LogP contribution in [0, 0.1) is 17.7 Å². The van der Waals surface area contributed by atoms with Gasteiger partial charge < -0.3 is 9.84 Å². The van der Waals surface area contributed by atoms with Crippen molar-refractivity contribution in [2.75, 3.05) is 0 Å². The van der Waals surface area contributed by atoms with Crippen LogP contribution in [0.2, 0.25) is 0 Å². The highest BCUT2D eigenvalue weighted by molar-refractivity contribution is 5.85. The maximum absolute atomic E-state index is 13.6. The molecule has 0 saturated heterocycles. The molecular weight excluding hydrogens is 271 g/mol. The van der Waals surface area contributed by atoms with Crippen LogP contribution in [0.5, 0.6) is 5.75 Å². The summed E-state index contributed by atoms with van der Waals surface area (Å²) in [5.41, 5.74) is 0.490. The van der Waals surface area contributed by atoms with Crippen LogP contribution < -0.4 is 4.74 Å². The molecule has 2 rings (SSSR count). The molecule has 2 unspecified atom stereocenters. The molecule has 0 spiro atoms. The summed E-state index contributed by atoms with van der Waals surface area (Å²) in [4.78, 5) is 10.5. The predicted octanol–water partition coefficient (Wildman–Crippen LogP) is 4.13. The summed E-state index contributed by atoms with van der Waals surface area (Å²) in [6.45, 7) is 4.41. The molecule has 0 aromatic heterocycles. The lowest BCUT2D eigenvalue weighted by Crippen LogP contribution is -2.28. The van der Waals surface area contributed by atoms with Crippen LogP contribution in [0.3, 0.4) is 0 Å². The Bertz CT molecular complexity index is 529. The molecule has 2 atom stereocenters. The Morgan fingerprint density at radius 3 is 2.52 bits per heavy atom. The third-order valence-corrected chi connectivity index (χ3v) is 3.75. The molecule has 1 N–H and O–H groups in total. The summed E-state index contributed by atoms with van der Waals surface area (Å²) < 4.78 is 19.5. The number of benzene rings is 1. The number of rotatable bonds is 4. The monoisotopic (exact) mass is 292 g/mol. The van der Waals surface area contributed by atoms with Gasteiger partial charge in [0.1, 0.15) is 11.6 Å². The van der Waals surface area contributed by atoms with E-state index in [1.165, 1.54) is 24.6 Å². The summed E-state index contributed by atoms with van der Waals surface area (Å²) in [5.74, 6) is 0.204.